The zero-order chi connectivity index (χ0) is 11.1. The molecule has 0 spiro atoms. The van der Waals surface area contributed by atoms with E-state index < -0.39 is 0 Å². The van der Waals surface area contributed by atoms with E-state index in [0.717, 1.165) is 13.0 Å². The summed E-state index contributed by atoms with van der Waals surface area (Å²) >= 11 is 0. The minimum absolute atomic E-state index is 0.273. The van der Waals surface area contributed by atoms with Gasteiger partial charge in [0.1, 0.15) is 0 Å². The second-order valence-electron chi connectivity index (χ2n) is 4.71. The quantitative estimate of drug-likeness (QED) is 0.653. The molecule has 0 unspecified atom stereocenters. The SMILES string of the molecule is CCCCN(C(C)=O)C1CCCCCC1. The number of hydrogen-bond acceptors (Lipinski definition) is 1. The van der Waals surface area contributed by atoms with Gasteiger partial charge in [0, 0.05) is 19.5 Å². The highest BCUT2D eigenvalue weighted by atomic mass is 16.2. The lowest BCUT2D eigenvalue weighted by molar-refractivity contribution is -0.131. The summed E-state index contributed by atoms with van der Waals surface area (Å²) in [6.45, 7) is 4.88. The molecule has 1 aliphatic rings. The van der Waals surface area contributed by atoms with Crippen molar-refractivity contribution >= 4 is 5.91 Å². The van der Waals surface area contributed by atoms with E-state index in [9.17, 15) is 4.79 Å². The Hall–Kier alpha value is -0.530. The molecule has 1 aliphatic carbocycles. The first-order valence-corrected chi connectivity index (χ1v) is 6.53. The van der Waals surface area contributed by atoms with Crippen molar-refractivity contribution in [3.8, 4) is 0 Å². The highest BCUT2D eigenvalue weighted by molar-refractivity contribution is 5.73. The molecule has 0 aromatic heterocycles. The van der Waals surface area contributed by atoms with E-state index in [2.05, 4.69) is 11.8 Å². The van der Waals surface area contributed by atoms with Crippen LogP contribution in [-0.2, 0) is 4.79 Å². The maximum absolute atomic E-state index is 11.6. The molecular weight excluding hydrogens is 186 g/mol. The Morgan fingerprint density at radius 1 is 1.20 bits per heavy atom. The molecular formula is C13H25NO. The van der Waals surface area contributed by atoms with Crippen molar-refractivity contribution in [1.29, 1.82) is 0 Å². The summed E-state index contributed by atoms with van der Waals surface area (Å²) in [7, 11) is 0. The monoisotopic (exact) mass is 211 g/mol. The van der Waals surface area contributed by atoms with Gasteiger partial charge in [0.25, 0.3) is 0 Å². The first-order valence-electron chi connectivity index (χ1n) is 6.53. The Balaban J connectivity index is 2.48. The first kappa shape index (κ1) is 12.5. The Bertz CT molecular complexity index is 183. The molecule has 1 saturated carbocycles. The molecule has 1 rings (SSSR count). The van der Waals surface area contributed by atoms with Gasteiger partial charge in [-0.25, -0.2) is 0 Å². The van der Waals surface area contributed by atoms with Gasteiger partial charge in [-0.3, -0.25) is 4.79 Å². The average molecular weight is 211 g/mol. The van der Waals surface area contributed by atoms with Crippen molar-refractivity contribution in [2.24, 2.45) is 0 Å². The Morgan fingerprint density at radius 2 is 1.80 bits per heavy atom. The third-order valence-electron chi connectivity index (χ3n) is 3.42. The summed E-state index contributed by atoms with van der Waals surface area (Å²) in [4.78, 5) is 13.7. The second-order valence-corrected chi connectivity index (χ2v) is 4.71. The fourth-order valence-electron chi connectivity index (χ4n) is 2.50. The average Bonchev–Trinajstić information content (AvgIpc) is 2.47. The molecule has 88 valence electrons. The second kappa shape index (κ2) is 6.86. The van der Waals surface area contributed by atoms with Crippen molar-refractivity contribution in [3.05, 3.63) is 0 Å². The Morgan fingerprint density at radius 3 is 2.27 bits per heavy atom. The van der Waals surface area contributed by atoms with Crippen molar-refractivity contribution in [1.82, 2.24) is 4.90 Å². The molecule has 0 heterocycles. The zero-order valence-corrected chi connectivity index (χ0v) is 10.3. The molecule has 0 N–H and O–H groups in total. The van der Waals surface area contributed by atoms with Crippen LogP contribution in [0.5, 0.6) is 0 Å². The molecule has 0 saturated heterocycles. The molecule has 0 aromatic carbocycles. The highest BCUT2D eigenvalue weighted by Gasteiger charge is 2.21. The highest BCUT2D eigenvalue weighted by Crippen LogP contribution is 2.22. The normalized spacial score (nSPS) is 18.5. The van der Waals surface area contributed by atoms with Crippen molar-refractivity contribution in [2.45, 2.75) is 71.3 Å². The molecule has 15 heavy (non-hydrogen) atoms. The largest absolute Gasteiger partial charge is 0.340 e. The van der Waals surface area contributed by atoms with Crippen LogP contribution in [0.1, 0.15) is 65.2 Å². The van der Waals surface area contributed by atoms with Crippen LogP contribution in [-0.4, -0.2) is 23.4 Å². The molecule has 0 aliphatic heterocycles. The lowest BCUT2D eigenvalue weighted by Gasteiger charge is -2.30. The summed E-state index contributed by atoms with van der Waals surface area (Å²) in [5.74, 6) is 0.273. The topological polar surface area (TPSA) is 20.3 Å². The number of nitrogens with zero attached hydrogens (tertiary/aromatic N) is 1. The van der Waals surface area contributed by atoms with Gasteiger partial charge < -0.3 is 4.90 Å². The fraction of sp³-hybridized carbons (Fsp3) is 0.923. The van der Waals surface area contributed by atoms with E-state index in [4.69, 9.17) is 0 Å². The number of rotatable bonds is 4. The summed E-state index contributed by atoms with van der Waals surface area (Å²) in [6, 6.07) is 0.538. The van der Waals surface area contributed by atoms with Gasteiger partial charge >= 0.3 is 0 Å². The smallest absolute Gasteiger partial charge is 0.219 e. The van der Waals surface area contributed by atoms with Crippen LogP contribution in [0.4, 0.5) is 0 Å². The van der Waals surface area contributed by atoms with Crippen molar-refractivity contribution in [3.63, 3.8) is 0 Å². The maximum Gasteiger partial charge on any atom is 0.219 e. The number of carbonyl (C=O) groups is 1. The van der Waals surface area contributed by atoms with Gasteiger partial charge in [0.2, 0.25) is 5.91 Å². The maximum atomic E-state index is 11.6. The predicted molar refractivity (Wildman–Crippen MR) is 63.8 cm³/mol. The van der Waals surface area contributed by atoms with Crippen LogP contribution >= 0.6 is 0 Å². The van der Waals surface area contributed by atoms with Gasteiger partial charge in [-0.05, 0) is 19.3 Å². The van der Waals surface area contributed by atoms with Gasteiger partial charge in [-0.15, -0.1) is 0 Å². The predicted octanol–water partition coefficient (Wildman–Crippen LogP) is 3.36. The van der Waals surface area contributed by atoms with E-state index in [0.29, 0.717) is 6.04 Å². The minimum Gasteiger partial charge on any atom is -0.340 e. The molecule has 2 heteroatoms. The summed E-state index contributed by atoms with van der Waals surface area (Å²) in [6.07, 6.45) is 10.1. The third kappa shape index (κ3) is 4.23. The molecule has 0 aromatic rings. The number of unbranched alkanes of at least 4 members (excludes halogenated alkanes) is 1. The van der Waals surface area contributed by atoms with E-state index in [1.54, 1.807) is 6.92 Å². The summed E-state index contributed by atoms with van der Waals surface area (Å²) < 4.78 is 0. The molecule has 0 atom stereocenters. The van der Waals surface area contributed by atoms with Crippen LogP contribution in [0.15, 0.2) is 0 Å². The molecule has 1 fully saturated rings. The van der Waals surface area contributed by atoms with Gasteiger partial charge in [-0.1, -0.05) is 39.0 Å². The van der Waals surface area contributed by atoms with Crippen LogP contribution in [0.2, 0.25) is 0 Å². The molecule has 0 bridgehead atoms. The van der Waals surface area contributed by atoms with E-state index in [1.165, 1.54) is 44.9 Å². The summed E-state index contributed by atoms with van der Waals surface area (Å²) in [5.41, 5.74) is 0. The van der Waals surface area contributed by atoms with Crippen LogP contribution < -0.4 is 0 Å². The lowest BCUT2D eigenvalue weighted by Crippen LogP contribution is -2.39. The fourth-order valence-corrected chi connectivity index (χ4v) is 2.50. The number of amides is 1. The molecule has 0 radical (unpaired) electrons. The first-order chi connectivity index (χ1) is 7.25. The van der Waals surface area contributed by atoms with Crippen molar-refractivity contribution < 1.29 is 4.79 Å². The molecule has 2 nitrogen and oxygen atoms in total. The van der Waals surface area contributed by atoms with Crippen LogP contribution in [0, 0.1) is 0 Å². The van der Waals surface area contributed by atoms with Crippen molar-refractivity contribution in [2.75, 3.05) is 6.54 Å². The van der Waals surface area contributed by atoms with Gasteiger partial charge in [-0.2, -0.15) is 0 Å². The lowest BCUT2D eigenvalue weighted by atomic mass is 10.1. The summed E-state index contributed by atoms with van der Waals surface area (Å²) in [5, 5.41) is 0. The van der Waals surface area contributed by atoms with Gasteiger partial charge in [0.15, 0.2) is 0 Å². The van der Waals surface area contributed by atoms with E-state index >= 15 is 0 Å². The standard InChI is InChI=1S/C13H25NO/c1-3-4-11-14(12(2)15)13-9-7-5-6-8-10-13/h13H,3-11H2,1-2H3. The van der Waals surface area contributed by atoms with E-state index in [-0.39, 0.29) is 5.91 Å². The number of hydrogen-bond donors (Lipinski definition) is 0. The minimum atomic E-state index is 0.273. The Labute approximate surface area is 94.0 Å². The zero-order valence-electron chi connectivity index (χ0n) is 10.3. The van der Waals surface area contributed by atoms with Crippen LogP contribution in [0.25, 0.3) is 0 Å². The third-order valence-corrected chi connectivity index (χ3v) is 3.42. The Kier molecular flexibility index (Phi) is 5.74. The number of carbonyl (C=O) groups excluding carboxylic acids is 1. The van der Waals surface area contributed by atoms with Gasteiger partial charge in [0.05, 0.1) is 0 Å². The van der Waals surface area contributed by atoms with Crippen LogP contribution in [0.3, 0.4) is 0 Å². The molecule has 1 amide bonds. The van der Waals surface area contributed by atoms with E-state index in [1.807, 2.05) is 0 Å².